The van der Waals surface area contributed by atoms with Gasteiger partial charge in [0.15, 0.2) is 5.69 Å². The van der Waals surface area contributed by atoms with Crippen LogP contribution in [0.2, 0.25) is 0 Å². The second-order valence-corrected chi connectivity index (χ2v) is 7.80. The zero-order valence-corrected chi connectivity index (χ0v) is 17.7. The van der Waals surface area contributed by atoms with E-state index in [2.05, 4.69) is 61.8 Å². The van der Waals surface area contributed by atoms with E-state index in [1.807, 2.05) is 32.9 Å². The number of nitrogens with two attached hydrogens (primary N) is 1. The summed E-state index contributed by atoms with van der Waals surface area (Å²) in [6.45, 7) is 10.0. The van der Waals surface area contributed by atoms with Crippen molar-refractivity contribution in [1.82, 2.24) is 30.7 Å². The van der Waals surface area contributed by atoms with Gasteiger partial charge in [0.1, 0.15) is 0 Å². The predicted octanol–water partition coefficient (Wildman–Crippen LogP) is 2.71. The molecule has 2 heterocycles. The minimum atomic E-state index is -0.476. The summed E-state index contributed by atoms with van der Waals surface area (Å²) in [7, 11) is 0. The first kappa shape index (κ1) is 21.2. The molecule has 0 aliphatic rings. The van der Waals surface area contributed by atoms with E-state index in [0.29, 0.717) is 17.3 Å². The molecule has 1 aromatic carbocycles. The highest BCUT2D eigenvalue weighted by Crippen LogP contribution is 2.22. The lowest BCUT2D eigenvalue weighted by Gasteiger charge is -2.09. The molecule has 0 atom stereocenters. The van der Waals surface area contributed by atoms with Gasteiger partial charge >= 0.3 is 0 Å². The third-order valence-corrected chi connectivity index (χ3v) is 4.50. The van der Waals surface area contributed by atoms with Gasteiger partial charge in [-0.15, -0.1) is 5.10 Å². The molecule has 0 bridgehead atoms. The van der Waals surface area contributed by atoms with Crippen molar-refractivity contribution in [1.29, 1.82) is 0 Å². The lowest BCUT2D eigenvalue weighted by molar-refractivity contribution is 0.0948. The van der Waals surface area contributed by atoms with Crippen LogP contribution in [0.15, 0.2) is 34.0 Å². The van der Waals surface area contributed by atoms with Crippen molar-refractivity contribution in [3.63, 3.8) is 0 Å². The lowest BCUT2D eigenvalue weighted by Crippen LogP contribution is -2.22. The molecule has 158 valence electrons. The Bertz CT molecular complexity index is 1050. The predicted molar refractivity (Wildman–Crippen MR) is 112 cm³/mol. The number of nitrogens with zero attached hydrogens (tertiary/aromatic N) is 6. The fourth-order valence-corrected chi connectivity index (χ4v) is 3.07. The maximum Gasteiger partial charge on any atom is 0.293 e. The quantitative estimate of drug-likeness (QED) is 0.451. The highest BCUT2D eigenvalue weighted by molar-refractivity contribution is 6.00. The first-order chi connectivity index (χ1) is 14.3. The number of nitrogen functional groups attached to an aromatic ring is 1. The fourth-order valence-electron chi connectivity index (χ4n) is 3.07. The van der Waals surface area contributed by atoms with Crippen molar-refractivity contribution >= 4 is 17.4 Å². The van der Waals surface area contributed by atoms with Crippen molar-refractivity contribution in [3.05, 3.63) is 46.8 Å². The summed E-state index contributed by atoms with van der Waals surface area (Å²) in [5.41, 5.74) is 11.8. The standard InChI is InChI=1S/C20H26N8O2/c1-11(2)10-14-6-8-15(9-7-14)13(5)22-24-20(29)16-17(12(3)4)28(27-23-16)19-18(21)25-30-26-19/h6-9,11-12H,10H2,1-5H3,(H2,21,25)(H,24,29). The summed E-state index contributed by atoms with van der Waals surface area (Å²) >= 11 is 0. The Balaban J connectivity index is 1.79. The topological polar surface area (TPSA) is 137 Å². The minimum Gasteiger partial charge on any atom is -0.378 e. The van der Waals surface area contributed by atoms with Crippen LogP contribution in [0.5, 0.6) is 0 Å². The minimum absolute atomic E-state index is 0.0588. The number of carbonyl (C=O) groups is 1. The summed E-state index contributed by atoms with van der Waals surface area (Å²) in [6.07, 6.45) is 1.02. The van der Waals surface area contributed by atoms with Crippen molar-refractivity contribution in [2.45, 2.75) is 47.0 Å². The summed E-state index contributed by atoms with van der Waals surface area (Å²) in [6, 6.07) is 8.15. The monoisotopic (exact) mass is 410 g/mol. The Kier molecular flexibility index (Phi) is 6.24. The van der Waals surface area contributed by atoms with Gasteiger partial charge in [-0.25, -0.2) is 10.1 Å². The molecule has 0 aliphatic heterocycles. The number of hydrazone groups is 1. The van der Waals surface area contributed by atoms with E-state index in [9.17, 15) is 4.79 Å². The Morgan fingerprint density at radius 3 is 2.47 bits per heavy atom. The molecule has 0 saturated carbocycles. The molecule has 0 spiro atoms. The maximum atomic E-state index is 12.7. The zero-order chi connectivity index (χ0) is 21.8. The molecular formula is C20H26N8O2. The van der Waals surface area contributed by atoms with Gasteiger partial charge in [-0.1, -0.05) is 57.2 Å². The molecular weight excluding hydrogens is 384 g/mol. The van der Waals surface area contributed by atoms with Gasteiger partial charge in [0.2, 0.25) is 11.6 Å². The van der Waals surface area contributed by atoms with Crippen LogP contribution in [-0.4, -0.2) is 36.9 Å². The average Bonchev–Trinajstić information content (AvgIpc) is 3.31. The second kappa shape index (κ2) is 8.85. The number of rotatable bonds is 7. The Morgan fingerprint density at radius 1 is 1.20 bits per heavy atom. The number of benzene rings is 1. The molecule has 3 aromatic rings. The van der Waals surface area contributed by atoms with Gasteiger partial charge in [-0.05, 0) is 46.6 Å². The molecule has 0 saturated heterocycles. The molecule has 0 radical (unpaired) electrons. The van der Waals surface area contributed by atoms with E-state index < -0.39 is 5.91 Å². The van der Waals surface area contributed by atoms with Gasteiger partial charge in [0.25, 0.3) is 5.91 Å². The highest BCUT2D eigenvalue weighted by atomic mass is 16.6. The molecule has 0 unspecified atom stereocenters. The van der Waals surface area contributed by atoms with Crippen molar-refractivity contribution in [2.24, 2.45) is 11.0 Å². The first-order valence-corrected chi connectivity index (χ1v) is 9.75. The average molecular weight is 410 g/mol. The van der Waals surface area contributed by atoms with E-state index in [1.165, 1.54) is 10.2 Å². The van der Waals surface area contributed by atoms with E-state index in [0.717, 1.165) is 12.0 Å². The van der Waals surface area contributed by atoms with E-state index in [-0.39, 0.29) is 23.2 Å². The maximum absolute atomic E-state index is 12.7. The van der Waals surface area contributed by atoms with E-state index in [4.69, 9.17) is 5.73 Å². The molecule has 0 fully saturated rings. The van der Waals surface area contributed by atoms with Crippen LogP contribution in [0.25, 0.3) is 5.82 Å². The Hall–Kier alpha value is -3.56. The zero-order valence-electron chi connectivity index (χ0n) is 17.7. The summed E-state index contributed by atoms with van der Waals surface area (Å²) in [4.78, 5) is 12.7. The normalized spacial score (nSPS) is 12.0. The Morgan fingerprint density at radius 2 is 1.90 bits per heavy atom. The molecule has 10 heteroatoms. The highest BCUT2D eigenvalue weighted by Gasteiger charge is 2.25. The van der Waals surface area contributed by atoms with Crippen LogP contribution in [0.1, 0.15) is 67.8 Å². The third kappa shape index (κ3) is 4.53. The third-order valence-electron chi connectivity index (χ3n) is 4.50. The van der Waals surface area contributed by atoms with Crippen LogP contribution >= 0.6 is 0 Å². The molecule has 3 rings (SSSR count). The Labute approximate surface area is 174 Å². The number of carbonyl (C=O) groups excluding carboxylic acids is 1. The molecule has 2 aromatic heterocycles. The number of hydrogen-bond acceptors (Lipinski definition) is 8. The SMILES string of the molecule is CC(=NNC(=O)c1nnn(-c2nonc2N)c1C(C)C)c1ccc(CC(C)C)cc1. The van der Waals surface area contributed by atoms with E-state index >= 15 is 0 Å². The summed E-state index contributed by atoms with van der Waals surface area (Å²) in [5, 5.41) is 19.5. The van der Waals surface area contributed by atoms with E-state index in [1.54, 1.807) is 0 Å². The van der Waals surface area contributed by atoms with Gasteiger partial charge in [0.05, 0.1) is 11.4 Å². The number of nitrogens with one attached hydrogen (secondary N) is 1. The number of amides is 1. The van der Waals surface area contributed by atoms with Crippen molar-refractivity contribution in [3.8, 4) is 5.82 Å². The summed E-state index contributed by atoms with van der Waals surface area (Å²) < 4.78 is 5.98. The largest absolute Gasteiger partial charge is 0.378 e. The van der Waals surface area contributed by atoms with Crippen LogP contribution in [0, 0.1) is 5.92 Å². The number of anilines is 1. The number of hydrogen-bond donors (Lipinski definition) is 2. The first-order valence-electron chi connectivity index (χ1n) is 9.75. The fraction of sp³-hybridized carbons (Fsp3) is 0.400. The van der Waals surface area contributed by atoms with Gasteiger partial charge in [-0.3, -0.25) is 4.79 Å². The van der Waals surface area contributed by atoms with Crippen molar-refractivity contribution < 1.29 is 9.42 Å². The molecule has 0 aliphatic carbocycles. The number of aromatic nitrogens is 5. The van der Waals surface area contributed by atoms with Crippen LogP contribution in [0.3, 0.4) is 0 Å². The van der Waals surface area contributed by atoms with Gasteiger partial charge in [-0.2, -0.15) is 9.78 Å². The molecule has 3 N–H and O–H groups in total. The van der Waals surface area contributed by atoms with Crippen LogP contribution in [-0.2, 0) is 6.42 Å². The summed E-state index contributed by atoms with van der Waals surface area (Å²) in [5.74, 6) is 0.276. The van der Waals surface area contributed by atoms with Crippen LogP contribution in [0.4, 0.5) is 5.82 Å². The van der Waals surface area contributed by atoms with Gasteiger partial charge in [0, 0.05) is 0 Å². The second-order valence-electron chi connectivity index (χ2n) is 7.80. The van der Waals surface area contributed by atoms with Crippen molar-refractivity contribution in [2.75, 3.05) is 5.73 Å². The lowest BCUT2D eigenvalue weighted by atomic mass is 10.0. The van der Waals surface area contributed by atoms with Crippen LogP contribution < -0.4 is 11.2 Å². The smallest absolute Gasteiger partial charge is 0.293 e. The molecule has 10 nitrogen and oxygen atoms in total. The molecule has 30 heavy (non-hydrogen) atoms. The molecule has 1 amide bonds. The van der Waals surface area contributed by atoms with Gasteiger partial charge < -0.3 is 5.73 Å².